The molecule has 0 heterocycles. The molecule has 0 bridgehead atoms. The van der Waals surface area contributed by atoms with Gasteiger partial charge in [-0.2, -0.15) is 0 Å². The van der Waals surface area contributed by atoms with E-state index in [9.17, 15) is 9.59 Å². The number of unbranched alkanes of at least 4 members (excludes halogenated alkanes) is 1. The number of carbonyl (C=O) groups excluding carboxylic acids is 2. The number of benzene rings is 1. The minimum atomic E-state index is -0.297. The Morgan fingerprint density at radius 3 is 2.72 bits per heavy atom. The van der Waals surface area contributed by atoms with Gasteiger partial charge in [-0.1, -0.05) is 12.1 Å². The maximum absolute atomic E-state index is 11.9. The van der Waals surface area contributed by atoms with E-state index < -0.39 is 0 Å². The Morgan fingerprint density at radius 2 is 2.06 bits per heavy atom. The van der Waals surface area contributed by atoms with Crippen LogP contribution in [0.2, 0.25) is 0 Å². The monoisotopic (exact) mass is 360 g/mol. The largest absolute Gasteiger partial charge is 0.370 e. The van der Waals surface area contributed by atoms with Crippen molar-refractivity contribution in [2.75, 3.05) is 6.54 Å². The molecular weight excluding hydrogens is 343 g/mol. The zero-order valence-corrected chi connectivity index (χ0v) is 12.5. The Hall–Kier alpha value is -1.11. The van der Waals surface area contributed by atoms with Crippen LogP contribution in [0.4, 0.5) is 0 Å². The molecule has 98 valence electrons. The lowest BCUT2D eigenvalue weighted by Crippen LogP contribution is -2.25. The molecule has 0 radical (unpaired) electrons. The Bertz CT molecular complexity index is 447. The minimum Gasteiger partial charge on any atom is -0.370 e. The fourth-order valence-electron chi connectivity index (χ4n) is 1.54. The van der Waals surface area contributed by atoms with E-state index in [1.165, 1.54) is 0 Å². The predicted molar refractivity (Wildman–Crippen MR) is 79.3 cm³/mol. The summed E-state index contributed by atoms with van der Waals surface area (Å²) in [6.45, 7) is 2.54. The van der Waals surface area contributed by atoms with Crippen molar-refractivity contribution in [1.82, 2.24) is 5.32 Å². The average Bonchev–Trinajstić information content (AvgIpc) is 2.31. The van der Waals surface area contributed by atoms with Crippen LogP contribution in [0.25, 0.3) is 0 Å². The first kappa shape index (κ1) is 14.9. The Kier molecular flexibility index (Phi) is 6.11. The van der Waals surface area contributed by atoms with E-state index in [2.05, 4.69) is 27.9 Å². The number of rotatable bonds is 6. The maximum atomic E-state index is 11.9. The van der Waals surface area contributed by atoms with Crippen molar-refractivity contribution in [2.24, 2.45) is 5.73 Å². The molecule has 0 aliphatic carbocycles. The van der Waals surface area contributed by atoms with Crippen LogP contribution in [-0.4, -0.2) is 18.4 Å². The number of hydrogen-bond acceptors (Lipinski definition) is 2. The SMILES string of the molecule is Cc1cccc(C(=O)NCCCCC(N)=O)c1I. The number of hydrogen-bond donors (Lipinski definition) is 2. The lowest BCUT2D eigenvalue weighted by atomic mass is 10.1. The van der Waals surface area contributed by atoms with Crippen LogP contribution in [0, 0.1) is 10.5 Å². The van der Waals surface area contributed by atoms with Gasteiger partial charge < -0.3 is 11.1 Å². The van der Waals surface area contributed by atoms with E-state index in [1.54, 1.807) is 0 Å². The number of aryl methyl sites for hydroxylation is 1. The number of halogens is 1. The molecule has 18 heavy (non-hydrogen) atoms. The molecule has 2 amide bonds. The van der Waals surface area contributed by atoms with Crippen LogP contribution < -0.4 is 11.1 Å². The zero-order valence-electron chi connectivity index (χ0n) is 10.3. The van der Waals surface area contributed by atoms with Crippen molar-refractivity contribution in [2.45, 2.75) is 26.2 Å². The molecule has 0 unspecified atom stereocenters. The van der Waals surface area contributed by atoms with Gasteiger partial charge in [-0.3, -0.25) is 9.59 Å². The molecule has 3 N–H and O–H groups in total. The minimum absolute atomic E-state index is 0.0674. The van der Waals surface area contributed by atoms with Gasteiger partial charge in [0.15, 0.2) is 0 Å². The number of carbonyl (C=O) groups is 2. The first-order chi connectivity index (χ1) is 8.52. The van der Waals surface area contributed by atoms with Crippen LogP contribution >= 0.6 is 22.6 Å². The lowest BCUT2D eigenvalue weighted by Gasteiger charge is -2.08. The summed E-state index contributed by atoms with van der Waals surface area (Å²) >= 11 is 2.18. The van der Waals surface area contributed by atoms with Crippen molar-refractivity contribution < 1.29 is 9.59 Å². The smallest absolute Gasteiger partial charge is 0.252 e. The second kappa shape index (κ2) is 7.35. The summed E-state index contributed by atoms with van der Waals surface area (Å²) < 4.78 is 0.977. The molecule has 0 aliphatic heterocycles. The molecule has 0 saturated carbocycles. The van der Waals surface area contributed by atoms with Crippen LogP contribution in [0.3, 0.4) is 0 Å². The number of amides is 2. The molecule has 0 atom stereocenters. The highest BCUT2D eigenvalue weighted by atomic mass is 127. The van der Waals surface area contributed by atoms with E-state index in [0.717, 1.165) is 15.6 Å². The molecule has 0 fully saturated rings. The first-order valence-electron chi connectivity index (χ1n) is 5.84. The lowest BCUT2D eigenvalue weighted by molar-refractivity contribution is -0.118. The van der Waals surface area contributed by atoms with Gasteiger partial charge in [-0.25, -0.2) is 0 Å². The normalized spacial score (nSPS) is 10.1. The summed E-state index contributed by atoms with van der Waals surface area (Å²) in [6.07, 6.45) is 1.84. The first-order valence-corrected chi connectivity index (χ1v) is 6.92. The molecule has 5 heteroatoms. The van der Waals surface area contributed by atoms with Crippen LogP contribution in [0.15, 0.2) is 18.2 Å². The maximum Gasteiger partial charge on any atom is 0.252 e. The molecule has 4 nitrogen and oxygen atoms in total. The third-order valence-corrected chi connectivity index (χ3v) is 4.00. The number of nitrogens with one attached hydrogen (secondary N) is 1. The Labute approximate surface area is 120 Å². The third kappa shape index (κ3) is 4.64. The summed E-state index contributed by atoms with van der Waals surface area (Å²) in [5, 5.41) is 2.84. The van der Waals surface area contributed by atoms with Crippen LogP contribution in [-0.2, 0) is 4.79 Å². The van der Waals surface area contributed by atoms with Crippen LogP contribution in [0.1, 0.15) is 35.2 Å². The summed E-state index contributed by atoms with van der Waals surface area (Å²) in [5.41, 5.74) is 6.83. The van der Waals surface area contributed by atoms with Gasteiger partial charge in [0.1, 0.15) is 0 Å². The molecule has 0 spiro atoms. The Balaban J connectivity index is 2.41. The molecule has 0 aromatic heterocycles. The van der Waals surface area contributed by atoms with Gasteiger partial charge in [0, 0.05) is 16.5 Å². The highest BCUT2D eigenvalue weighted by Crippen LogP contribution is 2.16. The van der Waals surface area contributed by atoms with Gasteiger partial charge in [0.05, 0.1) is 5.56 Å². The summed E-state index contributed by atoms with van der Waals surface area (Å²) in [6, 6.07) is 5.67. The molecular formula is C13H17IN2O2. The zero-order chi connectivity index (χ0) is 13.5. The van der Waals surface area contributed by atoms with Gasteiger partial charge in [-0.05, 0) is 54.0 Å². The van der Waals surface area contributed by atoms with E-state index in [1.807, 2.05) is 25.1 Å². The van der Waals surface area contributed by atoms with Gasteiger partial charge in [0.25, 0.3) is 5.91 Å². The van der Waals surface area contributed by atoms with E-state index in [-0.39, 0.29) is 11.8 Å². The van der Waals surface area contributed by atoms with Crippen molar-refractivity contribution in [3.8, 4) is 0 Å². The second-order valence-corrected chi connectivity index (χ2v) is 5.19. The van der Waals surface area contributed by atoms with Crippen molar-refractivity contribution in [3.05, 3.63) is 32.9 Å². The van der Waals surface area contributed by atoms with Crippen molar-refractivity contribution in [1.29, 1.82) is 0 Å². The number of primary amides is 1. The quantitative estimate of drug-likeness (QED) is 0.602. The highest BCUT2D eigenvalue weighted by Gasteiger charge is 2.10. The second-order valence-electron chi connectivity index (χ2n) is 4.12. The summed E-state index contributed by atoms with van der Waals surface area (Å²) in [7, 11) is 0. The predicted octanol–water partition coefficient (Wildman–Crippen LogP) is 1.99. The highest BCUT2D eigenvalue weighted by molar-refractivity contribution is 14.1. The molecule has 0 aliphatic rings. The topological polar surface area (TPSA) is 72.2 Å². The van der Waals surface area contributed by atoms with Crippen molar-refractivity contribution >= 4 is 34.4 Å². The fourth-order valence-corrected chi connectivity index (χ4v) is 2.15. The summed E-state index contributed by atoms with van der Waals surface area (Å²) in [4.78, 5) is 22.4. The molecule has 1 rings (SSSR count). The Morgan fingerprint density at radius 1 is 1.33 bits per heavy atom. The molecule has 1 aromatic rings. The van der Waals surface area contributed by atoms with Gasteiger partial charge in [-0.15, -0.1) is 0 Å². The van der Waals surface area contributed by atoms with Gasteiger partial charge in [0.2, 0.25) is 5.91 Å². The van der Waals surface area contributed by atoms with E-state index in [4.69, 9.17) is 5.73 Å². The average molecular weight is 360 g/mol. The fraction of sp³-hybridized carbons (Fsp3) is 0.385. The van der Waals surface area contributed by atoms with Gasteiger partial charge >= 0.3 is 0 Å². The summed E-state index contributed by atoms with van der Waals surface area (Å²) in [5.74, 6) is -0.364. The molecule has 1 aromatic carbocycles. The van der Waals surface area contributed by atoms with E-state index >= 15 is 0 Å². The number of nitrogens with two attached hydrogens (primary N) is 1. The third-order valence-electron chi connectivity index (χ3n) is 2.57. The van der Waals surface area contributed by atoms with Crippen molar-refractivity contribution in [3.63, 3.8) is 0 Å². The van der Waals surface area contributed by atoms with Crippen LogP contribution in [0.5, 0.6) is 0 Å². The molecule has 0 saturated heterocycles. The standard InChI is InChI=1S/C13H17IN2O2/c1-9-5-4-6-10(12(9)14)13(18)16-8-3-2-7-11(15)17/h4-6H,2-3,7-8H2,1H3,(H2,15,17)(H,16,18). The van der Waals surface area contributed by atoms with E-state index in [0.29, 0.717) is 24.9 Å².